The monoisotopic (exact) mass is 410 g/mol. The van der Waals surface area contributed by atoms with Gasteiger partial charge in [-0.2, -0.15) is 0 Å². The minimum atomic E-state index is 0.00124. The van der Waals surface area contributed by atoms with Crippen molar-refractivity contribution in [2.45, 2.75) is 18.9 Å². The predicted octanol–water partition coefficient (Wildman–Crippen LogP) is 2.15. The maximum atomic E-state index is 12.8. The van der Waals surface area contributed by atoms with E-state index in [2.05, 4.69) is 37.2 Å². The summed E-state index contributed by atoms with van der Waals surface area (Å²) in [5.41, 5.74) is 1.21. The lowest BCUT2D eigenvalue weighted by Gasteiger charge is -2.35. The van der Waals surface area contributed by atoms with Crippen LogP contribution >= 0.6 is 0 Å². The van der Waals surface area contributed by atoms with E-state index in [0.29, 0.717) is 19.6 Å². The number of piperazine rings is 1. The highest BCUT2D eigenvalue weighted by molar-refractivity contribution is 5.74. The summed E-state index contributed by atoms with van der Waals surface area (Å²) in [5, 5.41) is 3.18. The van der Waals surface area contributed by atoms with Crippen LogP contribution in [0.3, 0.4) is 0 Å². The van der Waals surface area contributed by atoms with Gasteiger partial charge < -0.3 is 19.9 Å². The molecular weight excluding hydrogens is 380 g/mol. The Morgan fingerprint density at radius 1 is 1.03 bits per heavy atom. The standard InChI is InChI=1S/C22H30N6O2/c1-30-19-7-5-18(6-8-19)20(26-11-2-3-12-26)17-25-22(29)28-15-13-27(14-16-28)21-23-9-4-10-24-21/h4-10,20H,2-3,11-17H2,1H3,(H,25,29)/t20-/m0/s1. The average molecular weight is 411 g/mol. The first-order valence-electron chi connectivity index (χ1n) is 10.7. The van der Waals surface area contributed by atoms with Gasteiger partial charge in [-0.3, -0.25) is 4.90 Å². The largest absolute Gasteiger partial charge is 0.497 e. The van der Waals surface area contributed by atoms with Gasteiger partial charge in [0.1, 0.15) is 5.75 Å². The van der Waals surface area contributed by atoms with E-state index < -0.39 is 0 Å². The first-order valence-corrected chi connectivity index (χ1v) is 10.7. The van der Waals surface area contributed by atoms with E-state index in [1.807, 2.05) is 23.1 Å². The number of nitrogens with zero attached hydrogens (tertiary/aromatic N) is 5. The Morgan fingerprint density at radius 3 is 2.33 bits per heavy atom. The number of carbonyl (C=O) groups excluding carboxylic acids is 1. The summed E-state index contributed by atoms with van der Waals surface area (Å²) < 4.78 is 5.29. The zero-order chi connectivity index (χ0) is 20.8. The fourth-order valence-electron chi connectivity index (χ4n) is 4.20. The molecule has 2 aliphatic rings. The lowest BCUT2D eigenvalue weighted by molar-refractivity contribution is 0.184. The fraction of sp³-hybridized carbons (Fsp3) is 0.500. The van der Waals surface area contributed by atoms with Gasteiger partial charge in [0.25, 0.3) is 0 Å². The van der Waals surface area contributed by atoms with Crippen molar-refractivity contribution in [2.75, 3.05) is 57.8 Å². The van der Waals surface area contributed by atoms with E-state index >= 15 is 0 Å². The van der Waals surface area contributed by atoms with Crippen molar-refractivity contribution in [1.29, 1.82) is 0 Å². The lowest BCUT2D eigenvalue weighted by Crippen LogP contribution is -2.53. The van der Waals surface area contributed by atoms with E-state index in [1.54, 1.807) is 19.5 Å². The maximum Gasteiger partial charge on any atom is 0.317 e. The summed E-state index contributed by atoms with van der Waals surface area (Å²) >= 11 is 0. The first kappa shape index (κ1) is 20.4. The van der Waals surface area contributed by atoms with E-state index in [4.69, 9.17) is 4.74 Å². The van der Waals surface area contributed by atoms with Gasteiger partial charge in [-0.05, 0) is 49.7 Å². The number of likely N-dealkylation sites (tertiary alicyclic amines) is 1. The molecule has 3 heterocycles. The molecule has 0 unspecified atom stereocenters. The van der Waals surface area contributed by atoms with Gasteiger partial charge in [0.15, 0.2) is 0 Å². The van der Waals surface area contributed by atoms with Gasteiger partial charge >= 0.3 is 6.03 Å². The van der Waals surface area contributed by atoms with Crippen LogP contribution in [-0.4, -0.2) is 78.7 Å². The van der Waals surface area contributed by atoms with Crippen molar-refractivity contribution < 1.29 is 9.53 Å². The summed E-state index contributed by atoms with van der Waals surface area (Å²) in [6.07, 6.45) is 5.92. The topological polar surface area (TPSA) is 73.8 Å². The zero-order valence-corrected chi connectivity index (χ0v) is 17.5. The first-order chi connectivity index (χ1) is 14.7. The van der Waals surface area contributed by atoms with Gasteiger partial charge in [-0.1, -0.05) is 12.1 Å². The second kappa shape index (κ2) is 9.75. The molecule has 2 aliphatic heterocycles. The van der Waals surface area contributed by atoms with Crippen LogP contribution in [0.15, 0.2) is 42.7 Å². The third-order valence-corrected chi connectivity index (χ3v) is 5.93. The number of carbonyl (C=O) groups is 1. The number of benzene rings is 1. The van der Waals surface area contributed by atoms with E-state index in [1.165, 1.54) is 18.4 Å². The van der Waals surface area contributed by atoms with Gasteiger partial charge in [0.05, 0.1) is 13.2 Å². The molecule has 1 N–H and O–H groups in total. The Morgan fingerprint density at radius 2 is 1.70 bits per heavy atom. The lowest BCUT2D eigenvalue weighted by atomic mass is 10.1. The highest BCUT2D eigenvalue weighted by Gasteiger charge is 2.26. The summed E-state index contributed by atoms with van der Waals surface area (Å²) in [5.74, 6) is 1.58. The molecule has 8 nitrogen and oxygen atoms in total. The number of amides is 2. The summed E-state index contributed by atoms with van der Waals surface area (Å²) in [7, 11) is 1.68. The number of aromatic nitrogens is 2. The van der Waals surface area contributed by atoms with E-state index in [0.717, 1.165) is 37.9 Å². The van der Waals surface area contributed by atoms with Crippen LogP contribution in [0.1, 0.15) is 24.4 Å². The zero-order valence-electron chi connectivity index (χ0n) is 17.5. The molecule has 30 heavy (non-hydrogen) atoms. The van der Waals surface area contributed by atoms with Crippen molar-refractivity contribution >= 4 is 12.0 Å². The Kier molecular flexibility index (Phi) is 6.63. The molecule has 1 aromatic carbocycles. The van der Waals surface area contributed by atoms with Crippen molar-refractivity contribution in [1.82, 2.24) is 25.1 Å². The number of methoxy groups -OCH3 is 1. The van der Waals surface area contributed by atoms with Gasteiger partial charge in [-0.15, -0.1) is 0 Å². The van der Waals surface area contributed by atoms with Crippen LogP contribution in [0.25, 0.3) is 0 Å². The molecular formula is C22H30N6O2. The Bertz CT molecular complexity index is 802. The molecule has 0 aliphatic carbocycles. The molecule has 1 atom stereocenters. The van der Waals surface area contributed by atoms with Gasteiger partial charge in [0, 0.05) is 45.1 Å². The molecule has 0 saturated carbocycles. The van der Waals surface area contributed by atoms with Crippen LogP contribution in [0, 0.1) is 0 Å². The summed E-state index contributed by atoms with van der Waals surface area (Å²) in [6, 6.07) is 10.2. The number of hydrogen-bond acceptors (Lipinski definition) is 6. The molecule has 8 heteroatoms. The minimum absolute atomic E-state index is 0.00124. The quantitative estimate of drug-likeness (QED) is 0.787. The highest BCUT2D eigenvalue weighted by atomic mass is 16.5. The molecule has 1 aromatic heterocycles. The Labute approximate surface area is 177 Å². The second-order valence-electron chi connectivity index (χ2n) is 7.74. The van der Waals surface area contributed by atoms with Gasteiger partial charge in [0.2, 0.25) is 5.95 Å². The van der Waals surface area contributed by atoms with Crippen molar-refractivity contribution in [3.8, 4) is 5.75 Å². The summed E-state index contributed by atoms with van der Waals surface area (Å²) in [4.78, 5) is 27.9. The van der Waals surface area contributed by atoms with Crippen molar-refractivity contribution in [3.63, 3.8) is 0 Å². The average Bonchev–Trinajstić information content (AvgIpc) is 3.35. The van der Waals surface area contributed by atoms with Crippen LogP contribution in [0.2, 0.25) is 0 Å². The number of nitrogens with one attached hydrogen (secondary N) is 1. The Balaban J connectivity index is 1.33. The molecule has 0 spiro atoms. The molecule has 4 rings (SSSR count). The third-order valence-electron chi connectivity index (χ3n) is 5.93. The van der Waals surface area contributed by atoms with Crippen molar-refractivity contribution in [3.05, 3.63) is 48.3 Å². The van der Waals surface area contributed by atoms with Crippen LogP contribution in [0.5, 0.6) is 5.75 Å². The van der Waals surface area contributed by atoms with E-state index in [-0.39, 0.29) is 12.1 Å². The molecule has 2 saturated heterocycles. The molecule has 2 aromatic rings. The normalized spacial score (nSPS) is 18.3. The predicted molar refractivity (Wildman–Crippen MR) is 116 cm³/mol. The number of anilines is 1. The van der Waals surface area contributed by atoms with Crippen LogP contribution in [-0.2, 0) is 0 Å². The molecule has 0 radical (unpaired) electrons. The smallest absolute Gasteiger partial charge is 0.317 e. The SMILES string of the molecule is COc1ccc([C@H](CNC(=O)N2CCN(c3ncccn3)CC2)N2CCCC2)cc1. The fourth-order valence-corrected chi connectivity index (χ4v) is 4.20. The highest BCUT2D eigenvalue weighted by Crippen LogP contribution is 2.26. The number of rotatable bonds is 6. The number of ether oxygens (including phenoxy) is 1. The Hall–Kier alpha value is -2.87. The molecule has 0 bridgehead atoms. The van der Waals surface area contributed by atoms with E-state index in [9.17, 15) is 4.79 Å². The number of hydrogen-bond donors (Lipinski definition) is 1. The van der Waals surface area contributed by atoms with Crippen LogP contribution in [0.4, 0.5) is 10.7 Å². The minimum Gasteiger partial charge on any atom is -0.497 e. The number of urea groups is 1. The molecule has 160 valence electrons. The second-order valence-corrected chi connectivity index (χ2v) is 7.74. The maximum absolute atomic E-state index is 12.8. The summed E-state index contributed by atoms with van der Waals surface area (Å²) in [6.45, 7) is 5.57. The van der Waals surface area contributed by atoms with Crippen molar-refractivity contribution in [2.24, 2.45) is 0 Å². The van der Waals surface area contributed by atoms with Gasteiger partial charge in [-0.25, -0.2) is 14.8 Å². The van der Waals surface area contributed by atoms with Crippen LogP contribution < -0.4 is 15.0 Å². The third kappa shape index (κ3) is 4.81. The molecule has 2 fully saturated rings. The molecule has 2 amide bonds.